The highest BCUT2D eigenvalue weighted by Crippen LogP contribution is 2.34. The van der Waals surface area contributed by atoms with Crippen LogP contribution in [0.5, 0.6) is 0 Å². The van der Waals surface area contributed by atoms with Gasteiger partial charge in [0, 0.05) is 51.4 Å². The zero-order chi connectivity index (χ0) is 40.0. The van der Waals surface area contributed by atoms with Crippen molar-refractivity contribution in [2.45, 2.75) is 140 Å². The molecule has 6 rings (SSSR count). The number of rotatable bonds is 8. The van der Waals surface area contributed by atoms with Gasteiger partial charge in [0.1, 0.15) is 23.3 Å². The minimum atomic E-state index is -4.99. The van der Waals surface area contributed by atoms with E-state index in [-0.39, 0.29) is 62.7 Å². The highest BCUT2D eigenvalue weighted by molar-refractivity contribution is 7.81. The molecule has 21 heteroatoms. The fraction of sp³-hybridized carbons (Fsp3) is 0.824. The third kappa shape index (κ3) is 9.48. The molecule has 0 aromatic carbocycles. The van der Waals surface area contributed by atoms with Crippen LogP contribution in [0.15, 0.2) is 0 Å². The number of nitrogens with zero attached hydrogens (tertiary/aromatic N) is 6. The lowest BCUT2D eigenvalue weighted by Gasteiger charge is -2.35. The second-order valence-corrected chi connectivity index (χ2v) is 18.2. The summed E-state index contributed by atoms with van der Waals surface area (Å²) in [7, 11) is -4.99. The molecule has 0 radical (unpaired) electrons. The molecule has 6 fully saturated rings. The fourth-order valence-electron chi connectivity index (χ4n) is 7.88. The van der Waals surface area contributed by atoms with Crippen molar-refractivity contribution in [1.29, 1.82) is 0 Å². The smallest absolute Gasteiger partial charge is 0.442 e. The average molecular weight is 799 g/mol. The fourth-order valence-corrected chi connectivity index (χ4v) is 8.67. The van der Waals surface area contributed by atoms with Gasteiger partial charge in [-0.25, -0.2) is 19.2 Å². The molecule has 55 heavy (non-hydrogen) atoms. The summed E-state index contributed by atoms with van der Waals surface area (Å²) in [6, 6.07) is -5.12. The van der Waals surface area contributed by atoms with E-state index in [1.807, 2.05) is 0 Å². The Morgan fingerprint density at radius 3 is 1.25 bits per heavy atom. The summed E-state index contributed by atoms with van der Waals surface area (Å²) in [5.41, 5.74) is -1.24. The van der Waals surface area contributed by atoms with E-state index in [4.69, 9.17) is 18.0 Å². The summed E-state index contributed by atoms with van der Waals surface area (Å²) in [5.74, 6) is -0.755. The Hall–Kier alpha value is -4.11. The van der Waals surface area contributed by atoms with E-state index >= 15 is 0 Å². The Bertz CT molecular complexity index is 1520. The van der Waals surface area contributed by atoms with Gasteiger partial charge in [0.2, 0.25) is 11.8 Å². The standard InChI is InChI=1S/C34H54N8O12S/c1-33(2,3)51-31(47)37-15-11-21(12-16-37)35-27(43)25-9-7-23-19-39(25)29(45)41(23)53-55(49,50)54-42-24-8-10-26(40(20-24)30(42)46)28(44)36-22-13-17-38(18-14-22)32(48)52-34(4,5)6/h21-26H,7-20H2,1-6H3,(H,35,43)(H,36,44)/t23-,24-,25+,26+/m1/s1. The van der Waals surface area contributed by atoms with E-state index in [1.54, 1.807) is 51.3 Å². The van der Waals surface area contributed by atoms with Gasteiger partial charge < -0.3 is 39.7 Å². The predicted molar refractivity (Wildman–Crippen MR) is 191 cm³/mol. The molecule has 0 aromatic heterocycles. The topological polar surface area (TPSA) is 217 Å². The van der Waals surface area contributed by atoms with E-state index in [9.17, 15) is 37.2 Å². The quantitative estimate of drug-likeness (QED) is 0.359. The van der Waals surface area contributed by atoms with Crippen molar-refractivity contribution in [3.8, 4) is 0 Å². The molecule has 6 heterocycles. The molecule has 308 valence electrons. The van der Waals surface area contributed by atoms with Crippen molar-refractivity contribution in [3.63, 3.8) is 0 Å². The van der Waals surface area contributed by atoms with Gasteiger partial charge >= 0.3 is 34.6 Å². The summed E-state index contributed by atoms with van der Waals surface area (Å²) in [6.07, 6.45) is 2.32. The van der Waals surface area contributed by atoms with Crippen LogP contribution in [0.1, 0.15) is 92.9 Å². The number of carbonyl (C=O) groups is 6. The predicted octanol–water partition coefficient (Wildman–Crippen LogP) is 1.66. The van der Waals surface area contributed by atoms with Crippen molar-refractivity contribution < 1.29 is 55.2 Å². The first-order valence-electron chi connectivity index (χ1n) is 19.1. The van der Waals surface area contributed by atoms with Crippen LogP contribution in [-0.2, 0) is 38.0 Å². The lowest BCUT2D eigenvalue weighted by Crippen LogP contribution is -2.54. The van der Waals surface area contributed by atoms with Crippen LogP contribution in [0.2, 0.25) is 0 Å². The van der Waals surface area contributed by atoms with Gasteiger partial charge in [0.25, 0.3) is 0 Å². The molecule has 0 aromatic rings. The molecular formula is C34H54N8O12S. The molecule has 0 spiro atoms. The molecule has 0 aliphatic carbocycles. The molecular weight excluding hydrogens is 744 g/mol. The molecule has 4 atom stereocenters. The average Bonchev–Trinajstić information content (AvgIpc) is 3.46. The number of carbonyl (C=O) groups excluding carboxylic acids is 6. The normalized spacial score (nSPS) is 26.7. The summed E-state index contributed by atoms with van der Waals surface area (Å²) in [6.45, 7) is 12.5. The number of piperidine rings is 4. The summed E-state index contributed by atoms with van der Waals surface area (Å²) < 4.78 is 47.5. The molecule has 6 aliphatic heterocycles. The maximum absolute atomic E-state index is 13.4. The van der Waals surface area contributed by atoms with Crippen molar-refractivity contribution in [3.05, 3.63) is 0 Å². The number of nitrogens with one attached hydrogen (secondary N) is 2. The summed E-state index contributed by atoms with van der Waals surface area (Å²) in [4.78, 5) is 83.9. The first-order chi connectivity index (χ1) is 25.7. The molecule has 0 saturated carbocycles. The second kappa shape index (κ2) is 15.4. The van der Waals surface area contributed by atoms with Gasteiger partial charge in [0.05, 0.1) is 12.1 Å². The van der Waals surface area contributed by atoms with Crippen LogP contribution >= 0.6 is 0 Å². The number of hydrogen-bond acceptors (Lipinski definition) is 12. The van der Waals surface area contributed by atoms with Gasteiger partial charge in [-0.3, -0.25) is 9.59 Å². The highest BCUT2D eigenvalue weighted by atomic mass is 32.3. The molecule has 8 amide bonds. The van der Waals surface area contributed by atoms with Crippen LogP contribution in [0.3, 0.4) is 0 Å². The van der Waals surface area contributed by atoms with Crippen molar-refractivity contribution in [2.24, 2.45) is 0 Å². The minimum absolute atomic E-state index is 0.0550. The van der Waals surface area contributed by atoms with Gasteiger partial charge in [-0.05, 0) is 92.9 Å². The maximum atomic E-state index is 13.4. The third-order valence-corrected chi connectivity index (χ3v) is 11.3. The first-order valence-corrected chi connectivity index (χ1v) is 20.4. The van der Waals surface area contributed by atoms with Crippen molar-refractivity contribution in [1.82, 2.24) is 40.4 Å². The molecule has 0 unspecified atom stereocenters. The lowest BCUT2D eigenvalue weighted by atomic mass is 9.99. The Morgan fingerprint density at radius 2 is 0.927 bits per heavy atom. The highest BCUT2D eigenvalue weighted by Gasteiger charge is 2.53. The number of fused-ring (bicyclic) bond motifs is 4. The number of ether oxygens (including phenoxy) is 2. The number of hydrogen-bond donors (Lipinski definition) is 2. The van der Waals surface area contributed by atoms with Crippen LogP contribution in [0.25, 0.3) is 0 Å². The Balaban J connectivity index is 0.967. The van der Waals surface area contributed by atoms with Gasteiger partial charge in [-0.1, -0.05) is 0 Å². The van der Waals surface area contributed by atoms with Gasteiger partial charge in [-0.2, -0.15) is 18.5 Å². The SMILES string of the molecule is CC(C)(C)OC(=O)N1CCC(NC(=O)[C@@H]2CC[C@@H]3CN2C(=O)N3OS(=O)(=O)ON2C(=O)N3C[C@H]2CC[C@H]3C(=O)NC2CCN(C(=O)OC(C)(C)C)CC2)CC1. The monoisotopic (exact) mass is 798 g/mol. The van der Waals surface area contributed by atoms with Gasteiger partial charge in [-0.15, -0.1) is 8.57 Å². The second-order valence-electron chi connectivity index (χ2n) is 17.1. The molecule has 4 bridgehead atoms. The molecule has 20 nitrogen and oxygen atoms in total. The van der Waals surface area contributed by atoms with Crippen LogP contribution in [0.4, 0.5) is 19.2 Å². The largest absolute Gasteiger partial charge is 0.444 e. The molecule has 2 N–H and O–H groups in total. The maximum Gasteiger partial charge on any atom is 0.442 e. The number of urea groups is 2. The third-order valence-electron chi connectivity index (χ3n) is 10.6. The van der Waals surface area contributed by atoms with Gasteiger partial charge in [0.15, 0.2) is 0 Å². The zero-order valence-electron chi connectivity index (χ0n) is 32.4. The van der Waals surface area contributed by atoms with E-state index in [1.165, 1.54) is 9.80 Å². The number of likely N-dealkylation sites (tertiary alicyclic amines) is 2. The zero-order valence-corrected chi connectivity index (χ0v) is 33.2. The Morgan fingerprint density at radius 1 is 0.582 bits per heavy atom. The Labute approximate surface area is 321 Å². The molecule has 6 aliphatic rings. The number of amides is 8. The Kier molecular flexibility index (Phi) is 11.4. The summed E-state index contributed by atoms with van der Waals surface area (Å²) >= 11 is 0. The van der Waals surface area contributed by atoms with E-state index in [2.05, 4.69) is 10.6 Å². The summed E-state index contributed by atoms with van der Waals surface area (Å²) in [5, 5.41) is 7.31. The van der Waals surface area contributed by atoms with Crippen molar-refractivity contribution in [2.75, 3.05) is 39.3 Å². The van der Waals surface area contributed by atoms with Crippen LogP contribution < -0.4 is 10.6 Å². The van der Waals surface area contributed by atoms with Crippen LogP contribution in [-0.4, -0.2) is 161 Å². The van der Waals surface area contributed by atoms with E-state index in [0.29, 0.717) is 62.0 Å². The van der Waals surface area contributed by atoms with E-state index in [0.717, 1.165) is 0 Å². The lowest BCUT2D eigenvalue weighted by molar-refractivity contribution is -0.127. The van der Waals surface area contributed by atoms with E-state index < -0.39 is 70.0 Å². The van der Waals surface area contributed by atoms with Crippen LogP contribution in [0, 0.1) is 0 Å². The van der Waals surface area contributed by atoms with Crippen molar-refractivity contribution >= 4 is 46.5 Å². The minimum Gasteiger partial charge on any atom is -0.444 e. The number of hydroxylamine groups is 4. The first kappa shape index (κ1) is 40.6. The molecule has 6 saturated heterocycles.